The topological polar surface area (TPSA) is 44.7 Å². The summed E-state index contributed by atoms with van der Waals surface area (Å²) in [7, 11) is 3.97. The van der Waals surface area contributed by atoms with Crippen LogP contribution in [0.4, 0.5) is 0 Å². The van der Waals surface area contributed by atoms with Crippen LogP contribution >= 0.6 is 0 Å². The molecule has 0 fully saturated rings. The highest BCUT2D eigenvalue weighted by Crippen LogP contribution is 2.20. The predicted octanol–water partition coefficient (Wildman–Crippen LogP) is 2.79. The van der Waals surface area contributed by atoms with Crippen molar-refractivity contribution in [2.24, 2.45) is 22.7 Å². The van der Waals surface area contributed by atoms with Gasteiger partial charge < -0.3 is 10.2 Å². The molecule has 118 valence electrons. The van der Waals surface area contributed by atoms with E-state index in [1.807, 2.05) is 25.9 Å². The van der Waals surface area contributed by atoms with Gasteiger partial charge >= 0.3 is 0 Å². The number of rotatable bonds is 8. The van der Waals surface area contributed by atoms with Crippen LogP contribution in [0.5, 0.6) is 0 Å². The minimum atomic E-state index is 0.127. The number of hydrogen-bond acceptors (Lipinski definition) is 2. The first-order valence-electron chi connectivity index (χ1n) is 7.71. The Bertz CT molecular complexity index is 309. The van der Waals surface area contributed by atoms with E-state index in [9.17, 15) is 4.79 Å². The first-order chi connectivity index (χ1) is 9.25. The second-order valence-electron chi connectivity index (χ2n) is 6.45. The summed E-state index contributed by atoms with van der Waals surface area (Å²) < 4.78 is 0. The molecule has 4 heteroatoms. The first-order valence-corrected chi connectivity index (χ1v) is 7.71. The van der Waals surface area contributed by atoms with Crippen LogP contribution in [0.3, 0.4) is 0 Å². The zero-order chi connectivity index (χ0) is 15.7. The maximum absolute atomic E-state index is 12.2. The molecule has 0 saturated carbocycles. The van der Waals surface area contributed by atoms with Gasteiger partial charge in [0.1, 0.15) is 0 Å². The summed E-state index contributed by atoms with van der Waals surface area (Å²) in [6, 6.07) is 0. The molecule has 1 unspecified atom stereocenters. The Labute approximate surface area is 125 Å². The number of nitrogens with zero attached hydrogens (tertiary/aromatic N) is 2. The molecule has 0 aromatic rings. The van der Waals surface area contributed by atoms with Crippen LogP contribution in [0.25, 0.3) is 0 Å². The van der Waals surface area contributed by atoms with E-state index in [2.05, 4.69) is 38.0 Å². The van der Waals surface area contributed by atoms with Crippen LogP contribution in [-0.4, -0.2) is 43.8 Å². The van der Waals surface area contributed by atoms with Crippen molar-refractivity contribution in [3.8, 4) is 0 Å². The van der Waals surface area contributed by atoms with Crippen molar-refractivity contribution in [1.82, 2.24) is 10.2 Å². The van der Waals surface area contributed by atoms with Crippen molar-refractivity contribution < 1.29 is 4.79 Å². The molecule has 4 nitrogen and oxygen atoms in total. The molecule has 0 bridgehead atoms. The van der Waals surface area contributed by atoms with E-state index >= 15 is 0 Å². The van der Waals surface area contributed by atoms with Crippen molar-refractivity contribution in [3.63, 3.8) is 0 Å². The van der Waals surface area contributed by atoms with Crippen molar-refractivity contribution in [2.75, 3.05) is 27.2 Å². The normalized spacial score (nSPS) is 13.8. The molecule has 0 radical (unpaired) electrons. The van der Waals surface area contributed by atoms with Gasteiger partial charge in [-0.3, -0.25) is 9.79 Å². The smallest absolute Gasteiger partial charge is 0.223 e. The quantitative estimate of drug-likeness (QED) is 0.423. The molecule has 0 aliphatic carbocycles. The van der Waals surface area contributed by atoms with E-state index in [1.165, 1.54) is 0 Å². The Morgan fingerprint density at radius 1 is 1.20 bits per heavy atom. The Hall–Kier alpha value is -1.06. The number of carbonyl (C=O) groups excluding carboxylic acids is 1. The van der Waals surface area contributed by atoms with Crippen LogP contribution in [-0.2, 0) is 4.79 Å². The van der Waals surface area contributed by atoms with Gasteiger partial charge in [0, 0.05) is 33.1 Å². The fourth-order valence-corrected chi connectivity index (χ4v) is 1.99. The molecule has 0 heterocycles. The van der Waals surface area contributed by atoms with Crippen molar-refractivity contribution in [1.29, 1.82) is 0 Å². The molecule has 0 rings (SSSR count). The lowest BCUT2D eigenvalue weighted by Crippen LogP contribution is -2.35. The average Bonchev–Trinajstić information content (AvgIpc) is 2.34. The van der Waals surface area contributed by atoms with Gasteiger partial charge in [-0.25, -0.2) is 0 Å². The molecule has 1 atom stereocenters. The lowest BCUT2D eigenvalue weighted by Gasteiger charge is -2.22. The fraction of sp³-hybridized carbons (Fsp3) is 0.875. The predicted molar refractivity (Wildman–Crippen MR) is 87.1 cm³/mol. The van der Waals surface area contributed by atoms with Crippen molar-refractivity contribution in [3.05, 3.63) is 0 Å². The van der Waals surface area contributed by atoms with Crippen LogP contribution in [0.2, 0.25) is 0 Å². The molecule has 20 heavy (non-hydrogen) atoms. The van der Waals surface area contributed by atoms with Crippen LogP contribution in [0.1, 0.15) is 47.5 Å². The zero-order valence-electron chi connectivity index (χ0n) is 14.4. The van der Waals surface area contributed by atoms with Gasteiger partial charge in [-0.1, -0.05) is 27.7 Å². The second kappa shape index (κ2) is 9.78. The highest BCUT2D eigenvalue weighted by Gasteiger charge is 2.22. The Morgan fingerprint density at radius 3 is 2.25 bits per heavy atom. The SMILES string of the molecule is CC(=NCCCNC(=O)C(CC(C)C)C(C)C)N(C)C. The Morgan fingerprint density at radius 2 is 1.80 bits per heavy atom. The van der Waals surface area contributed by atoms with Crippen LogP contribution in [0.15, 0.2) is 4.99 Å². The van der Waals surface area contributed by atoms with E-state index in [0.29, 0.717) is 18.4 Å². The van der Waals surface area contributed by atoms with E-state index in [4.69, 9.17) is 0 Å². The van der Waals surface area contributed by atoms with E-state index in [-0.39, 0.29) is 11.8 Å². The van der Waals surface area contributed by atoms with Crippen molar-refractivity contribution >= 4 is 11.7 Å². The zero-order valence-corrected chi connectivity index (χ0v) is 14.4. The Balaban J connectivity index is 4.05. The van der Waals surface area contributed by atoms with Gasteiger partial charge in [-0.15, -0.1) is 0 Å². The lowest BCUT2D eigenvalue weighted by atomic mass is 9.87. The summed E-state index contributed by atoms with van der Waals surface area (Å²) in [6.07, 6.45) is 1.85. The highest BCUT2D eigenvalue weighted by atomic mass is 16.1. The molecule has 0 saturated heterocycles. The molecule has 0 aliphatic rings. The molecule has 0 spiro atoms. The second-order valence-corrected chi connectivity index (χ2v) is 6.45. The van der Waals surface area contributed by atoms with Gasteiger partial charge in [0.05, 0.1) is 5.84 Å². The number of nitrogens with one attached hydrogen (secondary N) is 1. The molecular weight excluding hydrogens is 250 g/mol. The summed E-state index contributed by atoms with van der Waals surface area (Å²) in [6.45, 7) is 12.1. The van der Waals surface area contributed by atoms with E-state index in [1.54, 1.807) is 0 Å². The number of amidine groups is 1. The van der Waals surface area contributed by atoms with Crippen LogP contribution in [0, 0.1) is 17.8 Å². The maximum Gasteiger partial charge on any atom is 0.223 e. The van der Waals surface area contributed by atoms with Gasteiger partial charge in [0.2, 0.25) is 5.91 Å². The van der Waals surface area contributed by atoms with Gasteiger partial charge in [-0.2, -0.15) is 0 Å². The molecule has 0 aromatic heterocycles. The minimum absolute atomic E-state index is 0.127. The van der Waals surface area contributed by atoms with Gasteiger partial charge in [0.25, 0.3) is 0 Å². The largest absolute Gasteiger partial charge is 0.367 e. The van der Waals surface area contributed by atoms with Gasteiger partial charge in [0.15, 0.2) is 0 Å². The van der Waals surface area contributed by atoms with E-state index < -0.39 is 0 Å². The third-order valence-electron chi connectivity index (χ3n) is 3.49. The third kappa shape index (κ3) is 8.18. The van der Waals surface area contributed by atoms with Gasteiger partial charge in [-0.05, 0) is 31.6 Å². The summed E-state index contributed by atoms with van der Waals surface area (Å²) in [5, 5.41) is 3.05. The fourth-order valence-electron chi connectivity index (χ4n) is 1.99. The molecule has 0 aliphatic heterocycles. The number of carbonyl (C=O) groups is 1. The molecule has 1 amide bonds. The monoisotopic (exact) mass is 283 g/mol. The van der Waals surface area contributed by atoms with E-state index in [0.717, 1.165) is 25.2 Å². The number of aliphatic imine (C=N–C) groups is 1. The standard InChI is InChI=1S/C16H33N3O/c1-12(2)11-15(13(3)4)16(20)18-10-8-9-17-14(5)19(6)7/h12-13,15H,8-11H2,1-7H3,(H,18,20). The molecular formula is C16H33N3O. The number of hydrogen-bond donors (Lipinski definition) is 1. The van der Waals surface area contributed by atoms with Crippen molar-refractivity contribution in [2.45, 2.75) is 47.5 Å². The number of amides is 1. The average molecular weight is 283 g/mol. The summed E-state index contributed by atoms with van der Waals surface area (Å²) in [5.74, 6) is 2.30. The summed E-state index contributed by atoms with van der Waals surface area (Å²) >= 11 is 0. The minimum Gasteiger partial charge on any atom is -0.367 e. The molecule has 1 N–H and O–H groups in total. The Kier molecular flexibility index (Phi) is 9.26. The lowest BCUT2D eigenvalue weighted by molar-refractivity contribution is -0.126. The van der Waals surface area contributed by atoms with Crippen LogP contribution < -0.4 is 5.32 Å². The first kappa shape index (κ1) is 18.9. The molecule has 0 aromatic carbocycles. The summed E-state index contributed by atoms with van der Waals surface area (Å²) in [5.41, 5.74) is 0. The maximum atomic E-state index is 12.2. The highest BCUT2D eigenvalue weighted by molar-refractivity contribution is 5.79. The summed E-state index contributed by atoms with van der Waals surface area (Å²) in [4.78, 5) is 18.6. The third-order valence-corrected chi connectivity index (χ3v) is 3.49.